The van der Waals surface area contributed by atoms with Gasteiger partial charge in [-0.2, -0.15) is 5.26 Å². The summed E-state index contributed by atoms with van der Waals surface area (Å²) in [5.74, 6) is 0.608. The molecule has 1 N–H and O–H groups in total. The monoisotopic (exact) mass is 281 g/mol. The van der Waals surface area contributed by atoms with Crippen molar-refractivity contribution in [3.05, 3.63) is 53.6 Å². The number of nitrogens with one attached hydrogen (secondary N) is 1. The number of nitrogens with zero attached hydrogens (tertiary/aromatic N) is 2. The molecular formula is C17H19N3O. The zero-order chi connectivity index (χ0) is 15.2. The fraction of sp³-hybridized carbons (Fsp3) is 0.235. The van der Waals surface area contributed by atoms with Crippen LogP contribution in [0.15, 0.2) is 42.5 Å². The minimum absolute atomic E-state index is 0.555. The van der Waals surface area contributed by atoms with Crippen LogP contribution in [0.5, 0.6) is 5.75 Å². The fourth-order valence-electron chi connectivity index (χ4n) is 2.03. The smallest absolute Gasteiger partial charge is 0.136 e. The van der Waals surface area contributed by atoms with Crippen LogP contribution < -0.4 is 15.0 Å². The van der Waals surface area contributed by atoms with Gasteiger partial charge in [0.1, 0.15) is 11.8 Å². The van der Waals surface area contributed by atoms with E-state index in [4.69, 9.17) is 10.00 Å². The van der Waals surface area contributed by atoms with Crippen molar-refractivity contribution in [2.75, 3.05) is 31.4 Å². The molecule has 2 aromatic carbocycles. The summed E-state index contributed by atoms with van der Waals surface area (Å²) in [4.78, 5) is 2.06. The minimum Gasteiger partial charge on any atom is -0.495 e. The van der Waals surface area contributed by atoms with E-state index in [1.54, 1.807) is 7.11 Å². The highest BCUT2D eigenvalue weighted by molar-refractivity contribution is 5.55. The van der Waals surface area contributed by atoms with E-state index in [1.165, 1.54) is 0 Å². The highest BCUT2D eigenvalue weighted by Crippen LogP contribution is 2.20. The first-order valence-corrected chi connectivity index (χ1v) is 6.72. The molecule has 0 aliphatic rings. The molecule has 2 rings (SSSR count). The second-order valence-electron chi connectivity index (χ2n) is 4.94. The Morgan fingerprint density at radius 2 is 1.86 bits per heavy atom. The van der Waals surface area contributed by atoms with Crippen molar-refractivity contribution in [3.8, 4) is 11.8 Å². The number of methoxy groups -OCH3 is 1. The normalized spacial score (nSPS) is 9.81. The molecule has 0 aliphatic carbocycles. The van der Waals surface area contributed by atoms with Gasteiger partial charge in [0.2, 0.25) is 0 Å². The van der Waals surface area contributed by atoms with Gasteiger partial charge in [0.15, 0.2) is 0 Å². The molecule has 0 saturated heterocycles. The molecule has 4 nitrogen and oxygen atoms in total. The maximum absolute atomic E-state index is 9.09. The Hall–Kier alpha value is -2.67. The molecule has 0 atom stereocenters. The average Bonchev–Trinajstić information content (AvgIpc) is 2.52. The lowest BCUT2D eigenvalue weighted by molar-refractivity contribution is 0.413. The maximum atomic E-state index is 9.09. The largest absolute Gasteiger partial charge is 0.495 e. The molecule has 0 aliphatic heterocycles. The summed E-state index contributed by atoms with van der Waals surface area (Å²) in [7, 11) is 5.60. The van der Waals surface area contributed by atoms with Crippen LogP contribution in [0.25, 0.3) is 0 Å². The third kappa shape index (κ3) is 3.67. The van der Waals surface area contributed by atoms with Crippen molar-refractivity contribution in [3.63, 3.8) is 0 Å². The SMILES string of the molecule is COc1ccc(CNc2ccc(N(C)C)cc2)cc1C#N. The van der Waals surface area contributed by atoms with Gasteiger partial charge in [-0.15, -0.1) is 0 Å². The van der Waals surface area contributed by atoms with Gasteiger partial charge < -0.3 is 15.0 Å². The van der Waals surface area contributed by atoms with Gasteiger partial charge in [0.25, 0.3) is 0 Å². The van der Waals surface area contributed by atoms with Crippen LogP contribution in [0.1, 0.15) is 11.1 Å². The van der Waals surface area contributed by atoms with Crippen molar-refractivity contribution in [1.29, 1.82) is 5.26 Å². The van der Waals surface area contributed by atoms with E-state index in [0.29, 0.717) is 17.9 Å². The quantitative estimate of drug-likeness (QED) is 0.914. The zero-order valence-electron chi connectivity index (χ0n) is 12.6. The van der Waals surface area contributed by atoms with Gasteiger partial charge in [0, 0.05) is 32.0 Å². The first kappa shape index (κ1) is 14.7. The topological polar surface area (TPSA) is 48.3 Å². The number of ether oxygens (including phenoxy) is 1. The van der Waals surface area contributed by atoms with Crippen LogP contribution >= 0.6 is 0 Å². The molecule has 0 heterocycles. The highest BCUT2D eigenvalue weighted by Gasteiger charge is 2.03. The third-order valence-corrected chi connectivity index (χ3v) is 3.26. The van der Waals surface area contributed by atoms with Gasteiger partial charge in [-0.1, -0.05) is 6.07 Å². The van der Waals surface area contributed by atoms with Gasteiger partial charge in [-0.05, 0) is 42.0 Å². The van der Waals surface area contributed by atoms with Crippen LogP contribution in [0.2, 0.25) is 0 Å². The van der Waals surface area contributed by atoms with Gasteiger partial charge >= 0.3 is 0 Å². The molecule has 2 aromatic rings. The Kier molecular flexibility index (Phi) is 4.68. The molecular weight excluding hydrogens is 262 g/mol. The van der Waals surface area contributed by atoms with Crippen LogP contribution in [0.3, 0.4) is 0 Å². The Bertz CT molecular complexity index is 642. The van der Waals surface area contributed by atoms with Crippen molar-refractivity contribution in [1.82, 2.24) is 0 Å². The van der Waals surface area contributed by atoms with E-state index in [9.17, 15) is 0 Å². The summed E-state index contributed by atoms with van der Waals surface area (Å²) in [6.45, 7) is 0.667. The lowest BCUT2D eigenvalue weighted by atomic mass is 10.1. The number of hydrogen-bond donors (Lipinski definition) is 1. The Balaban J connectivity index is 2.04. The first-order valence-electron chi connectivity index (χ1n) is 6.72. The first-order chi connectivity index (χ1) is 10.1. The minimum atomic E-state index is 0.555. The number of benzene rings is 2. The van der Waals surface area contributed by atoms with E-state index in [1.807, 2.05) is 44.4 Å². The molecule has 0 spiro atoms. The van der Waals surface area contributed by atoms with E-state index in [0.717, 1.165) is 16.9 Å². The lowest BCUT2D eigenvalue weighted by Crippen LogP contribution is -2.08. The summed E-state index contributed by atoms with van der Waals surface area (Å²) < 4.78 is 5.14. The summed E-state index contributed by atoms with van der Waals surface area (Å²) in [6, 6.07) is 16.0. The number of hydrogen-bond acceptors (Lipinski definition) is 4. The fourth-order valence-corrected chi connectivity index (χ4v) is 2.03. The summed E-state index contributed by atoms with van der Waals surface area (Å²) >= 11 is 0. The molecule has 4 heteroatoms. The predicted octanol–water partition coefficient (Wildman–Crippen LogP) is 3.24. The molecule has 21 heavy (non-hydrogen) atoms. The molecule has 0 amide bonds. The van der Waals surface area contributed by atoms with Crippen molar-refractivity contribution in [2.24, 2.45) is 0 Å². The molecule has 0 fully saturated rings. The van der Waals surface area contributed by atoms with Crippen LogP contribution in [-0.2, 0) is 6.54 Å². The van der Waals surface area contributed by atoms with E-state index >= 15 is 0 Å². The third-order valence-electron chi connectivity index (χ3n) is 3.26. The van der Waals surface area contributed by atoms with Crippen LogP contribution in [-0.4, -0.2) is 21.2 Å². The van der Waals surface area contributed by atoms with E-state index < -0.39 is 0 Å². The lowest BCUT2D eigenvalue weighted by Gasteiger charge is -2.13. The van der Waals surface area contributed by atoms with E-state index in [-0.39, 0.29) is 0 Å². The second-order valence-corrected chi connectivity index (χ2v) is 4.94. The van der Waals surface area contributed by atoms with Crippen LogP contribution in [0, 0.1) is 11.3 Å². The standard InChI is InChI=1S/C17H19N3O/c1-20(2)16-7-5-15(6-8-16)19-12-13-4-9-17(21-3)14(10-13)11-18/h4-10,19H,12H2,1-3H3. The number of rotatable bonds is 5. The predicted molar refractivity (Wildman–Crippen MR) is 85.8 cm³/mol. The van der Waals surface area contributed by atoms with Gasteiger partial charge in [-0.25, -0.2) is 0 Å². The Morgan fingerprint density at radius 3 is 2.43 bits per heavy atom. The van der Waals surface area contributed by atoms with Crippen molar-refractivity contribution < 1.29 is 4.74 Å². The number of nitriles is 1. The Labute approximate surface area is 125 Å². The van der Waals surface area contributed by atoms with Crippen molar-refractivity contribution in [2.45, 2.75) is 6.54 Å². The van der Waals surface area contributed by atoms with Crippen molar-refractivity contribution >= 4 is 11.4 Å². The van der Waals surface area contributed by atoms with Gasteiger partial charge in [0.05, 0.1) is 12.7 Å². The number of anilines is 2. The molecule has 108 valence electrons. The van der Waals surface area contributed by atoms with E-state index in [2.05, 4.69) is 28.4 Å². The summed E-state index contributed by atoms with van der Waals surface area (Å²) in [5.41, 5.74) is 3.82. The molecule has 0 unspecified atom stereocenters. The second kappa shape index (κ2) is 6.67. The summed E-state index contributed by atoms with van der Waals surface area (Å²) in [5, 5.41) is 12.4. The molecule has 0 bridgehead atoms. The molecule has 0 radical (unpaired) electrons. The van der Waals surface area contributed by atoms with Crippen LogP contribution in [0.4, 0.5) is 11.4 Å². The molecule has 0 saturated carbocycles. The zero-order valence-corrected chi connectivity index (χ0v) is 12.6. The van der Waals surface area contributed by atoms with Gasteiger partial charge in [-0.3, -0.25) is 0 Å². The average molecular weight is 281 g/mol. The molecule has 0 aromatic heterocycles. The Morgan fingerprint density at radius 1 is 1.14 bits per heavy atom. The maximum Gasteiger partial charge on any atom is 0.136 e. The summed E-state index contributed by atoms with van der Waals surface area (Å²) in [6.07, 6.45) is 0. The highest BCUT2D eigenvalue weighted by atomic mass is 16.5.